The van der Waals surface area contributed by atoms with Gasteiger partial charge in [0.05, 0.1) is 6.10 Å². The fourth-order valence-corrected chi connectivity index (χ4v) is 2.88. The molecule has 0 saturated carbocycles. The molecule has 1 saturated heterocycles. The van der Waals surface area contributed by atoms with Crippen LogP contribution in [-0.4, -0.2) is 38.8 Å². The van der Waals surface area contributed by atoms with Gasteiger partial charge < -0.3 is 15.4 Å². The second kappa shape index (κ2) is 8.79. The van der Waals surface area contributed by atoms with E-state index in [0.717, 1.165) is 32.1 Å². The third kappa shape index (κ3) is 5.02. The summed E-state index contributed by atoms with van der Waals surface area (Å²) < 4.78 is 5.64. The largest absolute Gasteiger partial charge is 0.376 e. The molecule has 1 aromatic carbocycles. The molecule has 0 bridgehead atoms. The van der Waals surface area contributed by atoms with Gasteiger partial charge in [-0.2, -0.15) is 0 Å². The topological polar surface area (TPSA) is 45.7 Å². The van der Waals surface area contributed by atoms with Gasteiger partial charge in [0.1, 0.15) is 0 Å². The average molecular weight is 303 g/mol. The molecular weight excluding hydrogens is 274 g/mol. The number of hydrogen-bond acceptors (Lipinski definition) is 2. The Hall–Kier alpha value is -1.55. The van der Waals surface area contributed by atoms with Crippen LogP contribution in [0, 0.1) is 5.92 Å². The predicted octanol–water partition coefficient (Wildman–Crippen LogP) is 2.77. The van der Waals surface area contributed by atoms with Crippen molar-refractivity contribution in [3.8, 4) is 0 Å². The van der Waals surface area contributed by atoms with Gasteiger partial charge in [-0.25, -0.2) is 0 Å². The number of guanidine groups is 1. The second-order valence-electron chi connectivity index (χ2n) is 6.23. The maximum absolute atomic E-state index is 5.64. The summed E-state index contributed by atoms with van der Waals surface area (Å²) in [6.45, 7) is 7.13. The van der Waals surface area contributed by atoms with Crippen LogP contribution in [0.3, 0.4) is 0 Å². The van der Waals surface area contributed by atoms with Crippen molar-refractivity contribution in [1.82, 2.24) is 10.6 Å². The minimum atomic E-state index is 0.327. The summed E-state index contributed by atoms with van der Waals surface area (Å²) in [7, 11) is 1.82. The quantitative estimate of drug-likeness (QED) is 0.627. The van der Waals surface area contributed by atoms with Crippen molar-refractivity contribution < 1.29 is 4.74 Å². The molecule has 0 aromatic heterocycles. The normalized spacial score (nSPS) is 20.2. The summed E-state index contributed by atoms with van der Waals surface area (Å²) in [6.07, 6.45) is 2.64. The van der Waals surface area contributed by atoms with Crippen molar-refractivity contribution in [3.05, 3.63) is 35.9 Å². The molecule has 0 spiro atoms. The lowest BCUT2D eigenvalue weighted by atomic mass is 9.88. The van der Waals surface area contributed by atoms with Crippen LogP contribution < -0.4 is 10.6 Å². The lowest BCUT2D eigenvalue weighted by molar-refractivity contribution is 0.114. The van der Waals surface area contributed by atoms with E-state index in [9.17, 15) is 0 Å². The summed E-state index contributed by atoms with van der Waals surface area (Å²) >= 11 is 0. The van der Waals surface area contributed by atoms with Crippen molar-refractivity contribution in [3.63, 3.8) is 0 Å². The molecule has 2 rings (SSSR count). The van der Waals surface area contributed by atoms with E-state index in [1.165, 1.54) is 12.0 Å². The van der Waals surface area contributed by atoms with E-state index in [1.54, 1.807) is 0 Å². The number of hydrogen-bond donors (Lipinski definition) is 2. The number of ether oxygens (including phenoxy) is 1. The van der Waals surface area contributed by atoms with Crippen molar-refractivity contribution in [2.75, 3.05) is 26.7 Å². The monoisotopic (exact) mass is 303 g/mol. The molecule has 2 atom stereocenters. The molecule has 1 aromatic rings. The molecule has 1 aliphatic heterocycles. The van der Waals surface area contributed by atoms with Crippen LogP contribution in [0.5, 0.6) is 0 Å². The molecule has 0 radical (unpaired) electrons. The smallest absolute Gasteiger partial charge is 0.191 e. The Morgan fingerprint density at radius 2 is 2.05 bits per heavy atom. The molecule has 22 heavy (non-hydrogen) atoms. The Labute approximate surface area is 134 Å². The van der Waals surface area contributed by atoms with Crippen molar-refractivity contribution >= 4 is 5.96 Å². The Balaban J connectivity index is 1.84. The van der Waals surface area contributed by atoms with Crippen LogP contribution in [0.1, 0.15) is 38.2 Å². The van der Waals surface area contributed by atoms with Crippen molar-refractivity contribution in [2.45, 2.75) is 38.7 Å². The maximum atomic E-state index is 5.64. The van der Waals surface area contributed by atoms with Gasteiger partial charge >= 0.3 is 0 Å². The zero-order valence-corrected chi connectivity index (χ0v) is 14.0. The van der Waals surface area contributed by atoms with Crippen LogP contribution in [0.25, 0.3) is 0 Å². The van der Waals surface area contributed by atoms with Gasteiger partial charge in [0.2, 0.25) is 0 Å². The molecule has 2 unspecified atom stereocenters. The van der Waals surface area contributed by atoms with Crippen LogP contribution >= 0.6 is 0 Å². The Kier molecular flexibility index (Phi) is 6.72. The van der Waals surface area contributed by atoms with E-state index in [-0.39, 0.29) is 0 Å². The highest BCUT2D eigenvalue weighted by atomic mass is 16.5. The molecular formula is C18H29N3O. The molecule has 1 aliphatic rings. The van der Waals surface area contributed by atoms with E-state index >= 15 is 0 Å². The van der Waals surface area contributed by atoms with E-state index in [1.807, 2.05) is 7.05 Å². The molecule has 0 amide bonds. The predicted molar refractivity (Wildman–Crippen MR) is 92.4 cm³/mol. The fourth-order valence-electron chi connectivity index (χ4n) is 2.88. The standard InChI is InChI=1S/C18H29N3O/c1-14(2)17(15-8-5-4-6-9-15)13-21-18(19-3)20-12-16-10-7-11-22-16/h4-6,8-9,14,16-17H,7,10-13H2,1-3H3,(H2,19,20,21). The molecule has 0 aliphatic carbocycles. The first kappa shape index (κ1) is 16.8. The first-order chi connectivity index (χ1) is 10.7. The SMILES string of the molecule is CN=C(NCC1CCCO1)NCC(c1ccccc1)C(C)C. The summed E-state index contributed by atoms with van der Waals surface area (Å²) in [6, 6.07) is 10.7. The van der Waals surface area contributed by atoms with Gasteiger partial charge in [-0.15, -0.1) is 0 Å². The lowest BCUT2D eigenvalue weighted by Gasteiger charge is -2.23. The zero-order chi connectivity index (χ0) is 15.8. The molecule has 4 heteroatoms. The number of benzene rings is 1. The summed E-state index contributed by atoms with van der Waals surface area (Å²) in [5.41, 5.74) is 1.37. The molecule has 1 fully saturated rings. The van der Waals surface area contributed by atoms with Gasteiger partial charge in [-0.05, 0) is 24.3 Å². The van der Waals surface area contributed by atoms with Gasteiger partial charge in [0.15, 0.2) is 5.96 Å². The van der Waals surface area contributed by atoms with Crippen LogP contribution in [-0.2, 0) is 4.74 Å². The first-order valence-electron chi connectivity index (χ1n) is 8.31. The minimum absolute atomic E-state index is 0.327. The highest BCUT2D eigenvalue weighted by Gasteiger charge is 2.18. The van der Waals surface area contributed by atoms with Crippen molar-refractivity contribution in [2.24, 2.45) is 10.9 Å². The molecule has 1 heterocycles. The summed E-state index contributed by atoms with van der Waals surface area (Å²) in [5, 5.41) is 6.83. The zero-order valence-electron chi connectivity index (χ0n) is 14.0. The van der Waals surface area contributed by atoms with Crippen molar-refractivity contribution in [1.29, 1.82) is 0 Å². The van der Waals surface area contributed by atoms with E-state index in [0.29, 0.717) is 17.9 Å². The lowest BCUT2D eigenvalue weighted by Crippen LogP contribution is -2.43. The highest BCUT2D eigenvalue weighted by Crippen LogP contribution is 2.23. The summed E-state index contributed by atoms with van der Waals surface area (Å²) in [4.78, 5) is 4.31. The number of aliphatic imine (C=N–C) groups is 1. The van der Waals surface area contributed by atoms with Gasteiger partial charge in [0.25, 0.3) is 0 Å². The van der Waals surface area contributed by atoms with Crippen LogP contribution in [0.2, 0.25) is 0 Å². The molecule has 4 nitrogen and oxygen atoms in total. The number of nitrogens with one attached hydrogen (secondary N) is 2. The number of nitrogens with zero attached hydrogens (tertiary/aromatic N) is 1. The Bertz CT molecular complexity index is 453. The first-order valence-corrected chi connectivity index (χ1v) is 8.31. The van der Waals surface area contributed by atoms with Gasteiger partial charge in [-0.1, -0.05) is 44.2 Å². The van der Waals surface area contributed by atoms with Gasteiger partial charge in [0, 0.05) is 32.7 Å². The Morgan fingerprint density at radius 1 is 1.27 bits per heavy atom. The second-order valence-corrected chi connectivity index (χ2v) is 6.23. The summed E-state index contributed by atoms with van der Waals surface area (Å²) in [5.74, 6) is 1.91. The molecule has 2 N–H and O–H groups in total. The van der Waals surface area contributed by atoms with E-state index in [2.05, 4.69) is 59.8 Å². The van der Waals surface area contributed by atoms with E-state index in [4.69, 9.17) is 4.74 Å². The van der Waals surface area contributed by atoms with Crippen LogP contribution in [0.4, 0.5) is 0 Å². The maximum Gasteiger partial charge on any atom is 0.191 e. The third-order valence-corrected chi connectivity index (χ3v) is 4.27. The Morgan fingerprint density at radius 3 is 2.64 bits per heavy atom. The molecule has 122 valence electrons. The van der Waals surface area contributed by atoms with E-state index < -0.39 is 0 Å². The fraction of sp³-hybridized carbons (Fsp3) is 0.611. The average Bonchev–Trinajstić information content (AvgIpc) is 3.04. The highest BCUT2D eigenvalue weighted by molar-refractivity contribution is 5.79. The number of rotatable bonds is 6. The van der Waals surface area contributed by atoms with Gasteiger partial charge in [-0.3, -0.25) is 4.99 Å². The van der Waals surface area contributed by atoms with Crippen LogP contribution in [0.15, 0.2) is 35.3 Å². The third-order valence-electron chi connectivity index (χ3n) is 4.27. The minimum Gasteiger partial charge on any atom is -0.376 e.